The van der Waals surface area contributed by atoms with Crippen molar-refractivity contribution in [3.8, 4) is 0 Å². The second-order valence-electron chi connectivity index (χ2n) is 5.28. The lowest BCUT2D eigenvalue weighted by molar-refractivity contribution is -0.167. The molecule has 0 aromatic heterocycles. The zero-order valence-corrected chi connectivity index (χ0v) is 12.6. The minimum Gasteiger partial charge on any atom is -0.396 e. The summed E-state index contributed by atoms with van der Waals surface area (Å²) in [5.74, 6) is 0.357. The maximum Gasteiger partial charge on any atom is 0.159 e. The fourth-order valence-corrected chi connectivity index (χ4v) is 1.79. The van der Waals surface area contributed by atoms with E-state index < -0.39 is 0 Å². The molecule has 4 nitrogen and oxygen atoms in total. The van der Waals surface area contributed by atoms with Crippen molar-refractivity contribution in [3.05, 3.63) is 0 Å². The lowest BCUT2D eigenvalue weighted by atomic mass is 10.2. The molecule has 0 bridgehead atoms. The van der Waals surface area contributed by atoms with Gasteiger partial charge >= 0.3 is 0 Å². The standard InChI is InChI=1S/C15H32O4/c1-14(2)15(19-13-9-5-7-11-17)18-12-8-4-3-6-10-16/h14-17H,3-13H2,1-2H3. The predicted octanol–water partition coefficient (Wildman–Crippen LogP) is 2.72. The van der Waals surface area contributed by atoms with Crippen molar-refractivity contribution < 1.29 is 19.7 Å². The summed E-state index contributed by atoms with van der Waals surface area (Å²) >= 11 is 0. The summed E-state index contributed by atoms with van der Waals surface area (Å²) in [4.78, 5) is 0. The van der Waals surface area contributed by atoms with Crippen molar-refractivity contribution in [2.24, 2.45) is 5.92 Å². The van der Waals surface area contributed by atoms with Crippen LogP contribution in [0, 0.1) is 5.92 Å². The molecule has 0 radical (unpaired) electrons. The molecule has 0 saturated carbocycles. The van der Waals surface area contributed by atoms with Gasteiger partial charge in [0.25, 0.3) is 0 Å². The molecule has 2 N–H and O–H groups in total. The zero-order chi connectivity index (χ0) is 14.3. The van der Waals surface area contributed by atoms with E-state index in [1.165, 1.54) is 0 Å². The van der Waals surface area contributed by atoms with Crippen LogP contribution in [-0.2, 0) is 9.47 Å². The molecule has 0 spiro atoms. The van der Waals surface area contributed by atoms with Gasteiger partial charge in [-0.05, 0) is 32.1 Å². The minimum atomic E-state index is -0.119. The lowest BCUT2D eigenvalue weighted by Gasteiger charge is -2.22. The SMILES string of the molecule is CC(C)C(OCCCCCO)OCCCCCCO. The van der Waals surface area contributed by atoms with Gasteiger partial charge in [0.2, 0.25) is 0 Å². The van der Waals surface area contributed by atoms with Crippen LogP contribution in [0.4, 0.5) is 0 Å². The minimum absolute atomic E-state index is 0.119. The number of hydrogen-bond acceptors (Lipinski definition) is 4. The molecular weight excluding hydrogens is 244 g/mol. The Labute approximate surface area is 118 Å². The fraction of sp³-hybridized carbons (Fsp3) is 1.00. The highest BCUT2D eigenvalue weighted by Gasteiger charge is 2.13. The topological polar surface area (TPSA) is 58.9 Å². The van der Waals surface area contributed by atoms with Crippen molar-refractivity contribution >= 4 is 0 Å². The number of unbranched alkanes of at least 4 members (excludes halogenated alkanes) is 5. The molecular formula is C15H32O4. The Morgan fingerprint density at radius 3 is 1.53 bits per heavy atom. The van der Waals surface area contributed by atoms with Gasteiger partial charge in [-0.2, -0.15) is 0 Å². The highest BCUT2D eigenvalue weighted by Crippen LogP contribution is 2.11. The van der Waals surface area contributed by atoms with Crippen LogP contribution in [0.5, 0.6) is 0 Å². The van der Waals surface area contributed by atoms with E-state index in [2.05, 4.69) is 13.8 Å². The number of hydrogen-bond donors (Lipinski definition) is 2. The average Bonchev–Trinajstić information content (AvgIpc) is 2.39. The highest BCUT2D eigenvalue weighted by molar-refractivity contribution is 4.52. The first-order chi connectivity index (χ1) is 9.22. The van der Waals surface area contributed by atoms with Crippen molar-refractivity contribution in [2.75, 3.05) is 26.4 Å². The highest BCUT2D eigenvalue weighted by atomic mass is 16.7. The van der Waals surface area contributed by atoms with Gasteiger partial charge in [-0.15, -0.1) is 0 Å². The Morgan fingerprint density at radius 1 is 0.684 bits per heavy atom. The first-order valence-corrected chi connectivity index (χ1v) is 7.67. The van der Waals surface area contributed by atoms with Crippen molar-refractivity contribution in [1.82, 2.24) is 0 Å². The molecule has 0 amide bonds. The maximum absolute atomic E-state index is 8.69. The van der Waals surface area contributed by atoms with E-state index in [1.807, 2.05) is 0 Å². The molecule has 19 heavy (non-hydrogen) atoms. The number of ether oxygens (including phenoxy) is 2. The quantitative estimate of drug-likeness (QED) is 0.378. The van der Waals surface area contributed by atoms with E-state index in [1.54, 1.807) is 0 Å². The summed E-state index contributed by atoms with van der Waals surface area (Å²) in [5.41, 5.74) is 0. The van der Waals surface area contributed by atoms with Gasteiger partial charge in [-0.3, -0.25) is 0 Å². The lowest BCUT2D eigenvalue weighted by Crippen LogP contribution is -2.24. The van der Waals surface area contributed by atoms with Gasteiger partial charge in [0.15, 0.2) is 6.29 Å². The van der Waals surface area contributed by atoms with Crippen LogP contribution in [0.1, 0.15) is 58.8 Å². The molecule has 0 heterocycles. The zero-order valence-electron chi connectivity index (χ0n) is 12.6. The van der Waals surface area contributed by atoms with E-state index in [0.717, 1.165) is 51.6 Å². The molecule has 0 rings (SSSR count). The van der Waals surface area contributed by atoms with Crippen molar-refractivity contribution in [3.63, 3.8) is 0 Å². The molecule has 0 aliphatic rings. The van der Waals surface area contributed by atoms with E-state index in [0.29, 0.717) is 12.5 Å². The summed E-state index contributed by atoms with van der Waals surface area (Å²) in [5, 5.41) is 17.4. The molecule has 0 aromatic rings. The Morgan fingerprint density at radius 2 is 1.11 bits per heavy atom. The molecule has 0 aliphatic carbocycles. The van der Waals surface area contributed by atoms with Gasteiger partial charge in [0.05, 0.1) is 0 Å². The molecule has 0 aliphatic heterocycles. The maximum atomic E-state index is 8.69. The Kier molecular flexibility index (Phi) is 14.1. The molecule has 116 valence electrons. The normalized spacial score (nSPS) is 13.1. The van der Waals surface area contributed by atoms with Crippen LogP contribution < -0.4 is 0 Å². The first kappa shape index (κ1) is 18.8. The van der Waals surface area contributed by atoms with Crippen LogP contribution in [0.2, 0.25) is 0 Å². The second-order valence-corrected chi connectivity index (χ2v) is 5.28. The summed E-state index contributed by atoms with van der Waals surface area (Å²) in [6.45, 7) is 6.18. The van der Waals surface area contributed by atoms with E-state index >= 15 is 0 Å². The fourth-order valence-electron chi connectivity index (χ4n) is 1.79. The van der Waals surface area contributed by atoms with Crippen LogP contribution in [0.3, 0.4) is 0 Å². The molecule has 0 saturated heterocycles. The van der Waals surface area contributed by atoms with E-state index in [-0.39, 0.29) is 19.5 Å². The third-order valence-electron chi connectivity index (χ3n) is 2.96. The third-order valence-corrected chi connectivity index (χ3v) is 2.96. The molecule has 0 aromatic carbocycles. The van der Waals surface area contributed by atoms with Gasteiger partial charge < -0.3 is 19.7 Å². The van der Waals surface area contributed by atoms with Crippen LogP contribution in [0.15, 0.2) is 0 Å². The van der Waals surface area contributed by atoms with Gasteiger partial charge in [-0.25, -0.2) is 0 Å². The Bertz CT molecular complexity index is 174. The van der Waals surface area contributed by atoms with Crippen molar-refractivity contribution in [1.29, 1.82) is 0 Å². The van der Waals surface area contributed by atoms with Crippen LogP contribution >= 0.6 is 0 Å². The molecule has 1 atom stereocenters. The van der Waals surface area contributed by atoms with E-state index in [9.17, 15) is 0 Å². The second kappa shape index (κ2) is 14.3. The monoisotopic (exact) mass is 276 g/mol. The van der Waals surface area contributed by atoms with Gasteiger partial charge in [-0.1, -0.05) is 26.7 Å². The third kappa shape index (κ3) is 12.6. The van der Waals surface area contributed by atoms with Crippen LogP contribution in [0.25, 0.3) is 0 Å². The number of aliphatic hydroxyl groups excluding tert-OH is 2. The first-order valence-electron chi connectivity index (χ1n) is 7.67. The smallest absolute Gasteiger partial charge is 0.159 e. The summed E-state index contributed by atoms with van der Waals surface area (Å²) in [6, 6.07) is 0. The largest absolute Gasteiger partial charge is 0.396 e. The Hall–Kier alpha value is -0.160. The van der Waals surface area contributed by atoms with Crippen molar-refractivity contribution in [2.45, 2.75) is 65.1 Å². The molecule has 4 heteroatoms. The van der Waals surface area contributed by atoms with Gasteiger partial charge in [0.1, 0.15) is 0 Å². The van der Waals surface area contributed by atoms with Crippen LogP contribution in [-0.4, -0.2) is 42.9 Å². The number of aliphatic hydroxyl groups is 2. The molecule has 1 unspecified atom stereocenters. The summed E-state index contributed by atoms with van der Waals surface area (Å²) in [6.07, 6.45) is 6.78. The average molecular weight is 276 g/mol. The Balaban J connectivity index is 3.51. The summed E-state index contributed by atoms with van der Waals surface area (Å²) in [7, 11) is 0. The summed E-state index contributed by atoms with van der Waals surface area (Å²) < 4.78 is 11.5. The predicted molar refractivity (Wildman–Crippen MR) is 77.0 cm³/mol. The van der Waals surface area contributed by atoms with E-state index in [4.69, 9.17) is 19.7 Å². The van der Waals surface area contributed by atoms with Gasteiger partial charge in [0, 0.05) is 32.3 Å². The number of rotatable bonds is 14. The molecule has 0 fully saturated rings.